The number of carbonyl (C=O) groups excluding carboxylic acids is 1. The zero-order valence-electron chi connectivity index (χ0n) is 10.3. The Labute approximate surface area is 116 Å². The van der Waals surface area contributed by atoms with E-state index in [2.05, 4.69) is 15.6 Å². The molecule has 19 heavy (non-hydrogen) atoms. The zero-order chi connectivity index (χ0) is 13.5. The molecular weight excluding hydrogens is 262 g/mol. The molecule has 2 N–H and O–H groups in total. The van der Waals surface area contributed by atoms with E-state index in [0.717, 1.165) is 11.1 Å². The van der Waals surface area contributed by atoms with Crippen molar-refractivity contribution in [1.29, 1.82) is 0 Å². The molecule has 2 amide bonds. The molecule has 0 saturated heterocycles. The molecule has 2 aromatic rings. The largest absolute Gasteiger partial charge is 0.334 e. The summed E-state index contributed by atoms with van der Waals surface area (Å²) in [6, 6.07) is 10.9. The number of rotatable bonds is 4. The quantitative estimate of drug-likeness (QED) is 0.901. The van der Waals surface area contributed by atoms with Crippen molar-refractivity contribution < 1.29 is 4.79 Å². The predicted molar refractivity (Wildman–Crippen MR) is 74.8 cm³/mol. The number of urea groups is 1. The maximum absolute atomic E-state index is 11.6. The summed E-state index contributed by atoms with van der Waals surface area (Å²) in [7, 11) is 0. The van der Waals surface area contributed by atoms with Crippen LogP contribution in [-0.4, -0.2) is 11.0 Å². The molecule has 5 heteroatoms. The van der Waals surface area contributed by atoms with E-state index in [9.17, 15) is 4.79 Å². The second-order valence-corrected chi connectivity index (χ2v) is 4.40. The van der Waals surface area contributed by atoms with E-state index >= 15 is 0 Å². The summed E-state index contributed by atoms with van der Waals surface area (Å²) in [5, 5.41) is 6.16. The lowest BCUT2D eigenvalue weighted by molar-refractivity contribution is 0.240. The van der Waals surface area contributed by atoms with Crippen LogP contribution in [0.4, 0.5) is 4.79 Å². The fourth-order valence-electron chi connectivity index (χ4n) is 1.56. The van der Waals surface area contributed by atoms with Crippen LogP contribution in [0.25, 0.3) is 0 Å². The number of nitrogens with zero attached hydrogens (tertiary/aromatic N) is 1. The average molecular weight is 276 g/mol. The molecule has 0 bridgehead atoms. The second kappa shape index (κ2) is 6.75. The summed E-state index contributed by atoms with van der Waals surface area (Å²) in [5.74, 6) is 0. The van der Waals surface area contributed by atoms with Crippen LogP contribution in [0.2, 0.25) is 5.02 Å². The summed E-state index contributed by atoms with van der Waals surface area (Å²) in [4.78, 5) is 15.6. The molecule has 2 rings (SSSR count). The van der Waals surface area contributed by atoms with Gasteiger partial charge in [-0.05, 0) is 23.3 Å². The zero-order valence-corrected chi connectivity index (χ0v) is 11.0. The number of hydrogen-bond donors (Lipinski definition) is 2. The van der Waals surface area contributed by atoms with E-state index in [1.807, 2.05) is 30.3 Å². The van der Waals surface area contributed by atoms with Gasteiger partial charge < -0.3 is 10.6 Å². The lowest BCUT2D eigenvalue weighted by Gasteiger charge is -2.08. The Morgan fingerprint density at radius 1 is 1.11 bits per heavy atom. The van der Waals surface area contributed by atoms with Crippen molar-refractivity contribution in [2.24, 2.45) is 0 Å². The molecule has 0 unspecified atom stereocenters. The molecule has 0 radical (unpaired) electrons. The number of hydrogen-bond acceptors (Lipinski definition) is 2. The highest BCUT2D eigenvalue weighted by molar-refractivity contribution is 6.31. The number of carbonyl (C=O) groups is 1. The van der Waals surface area contributed by atoms with Gasteiger partial charge in [0.1, 0.15) is 0 Å². The minimum absolute atomic E-state index is 0.233. The van der Waals surface area contributed by atoms with Gasteiger partial charge in [0.15, 0.2) is 0 Å². The summed E-state index contributed by atoms with van der Waals surface area (Å²) in [5.41, 5.74) is 1.84. The van der Waals surface area contributed by atoms with Gasteiger partial charge in [0, 0.05) is 30.5 Å². The number of pyridine rings is 1. The fraction of sp³-hybridized carbons (Fsp3) is 0.143. The van der Waals surface area contributed by atoms with Crippen LogP contribution < -0.4 is 10.6 Å². The first-order valence-corrected chi connectivity index (χ1v) is 6.27. The molecule has 0 fully saturated rings. The lowest BCUT2D eigenvalue weighted by Crippen LogP contribution is -2.34. The van der Waals surface area contributed by atoms with Gasteiger partial charge in [-0.15, -0.1) is 0 Å². The van der Waals surface area contributed by atoms with Gasteiger partial charge in [0.2, 0.25) is 0 Å². The number of halogens is 1. The first-order chi connectivity index (χ1) is 9.25. The number of nitrogens with one attached hydrogen (secondary N) is 2. The summed E-state index contributed by atoms with van der Waals surface area (Å²) < 4.78 is 0. The van der Waals surface area contributed by atoms with Crippen LogP contribution in [0, 0.1) is 0 Å². The van der Waals surface area contributed by atoms with Gasteiger partial charge in [-0.25, -0.2) is 4.79 Å². The van der Waals surface area contributed by atoms with Crippen LogP contribution in [-0.2, 0) is 13.1 Å². The summed E-state index contributed by atoms with van der Waals surface area (Å²) >= 11 is 6.00. The van der Waals surface area contributed by atoms with Crippen LogP contribution in [0.5, 0.6) is 0 Å². The van der Waals surface area contributed by atoms with Gasteiger partial charge in [0.25, 0.3) is 0 Å². The highest BCUT2D eigenvalue weighted by Crippen LogP contribution is 2.14. The third kappa shape index (κ3) is 4.26. The van der Waals surface area contributed by atoms with Crippen molar-refractivity contribution in [3.63, 3.8) is 0 Å². The van der Waals surface area contributed by atoms with Crippen molar-refractivity contribution in [1.82, 2.24) is 15.6 Å². The van der Waals surface area contributed by atoms with E-state index in [4.69, 9.17) is 11.6 Å². The Balaban J connectivity index is 1.78. The molecular formula is C14H14ClN3O. The van der Waals surface area contributed by atoms with E-state index in [-0.39, 0.29) is 6.03 Å². The Morgan fingerprint density at radius 3 is 2.63 bits per heavy atom. The van der Waals surface area contributed by atoms with Crippen molar-refractivity contribution in [2.45, 2.75) is 13.1 Å². The molecule has 1 aromatic heterocycles. The molecule has 0 aliphatic carbocycles. The lowest BCUT2D eigenvalue weighted by atomic mass is 10.2. The fourth-order valence-corrected chi connectivity index (χ4v) is 1.77. The first-order valence-electron chi connectivity index (χ1n) is 5.90. The molecule has 0 saturated carbocycles. The SMILES string of the molecule is O=C(NCc1cccnc1)NCc1ccccc1Cl. The number of amides is 2. The maximum Gasteiger partial charge on any atom is 0.315 e. The van der Waals surface area contributed by atoms with Gasteiger partial charge in [-0.3, -0.25) is 4.98 Å². The van der Waals surface area contributed by atoms with Crippen LogP contribution in [0.1, 0.15) is 11.1 Å². The van der Waals surface area contributed by atoms with E-state index < -0.39 is 0 Å². The Morgan fingerprint density at radius 2 is 1.89 bits per heavy atom. The molecule has 98 valence electrons. The van der Waals surface area contributed by atoms with E-state index in [0.29, 0.717) is 18.1 Å². The minimum Gasteiger partial charge on any atom is -0.334 e. The highest BCUT2D eigenvalue weighted by atomic mass is 35.5. The van der Waals surface area contributed by atoms with Crippen molar-refractivity contribution in [2.75, 3.05) is 0 Å². The van der Waals surface area contributed by atoms with Crippen LogP contribution in [0.15, 0.2) is 48.8 Å². The van der Waals surface area contributed by atoms with Gasteiger partial charge >= 0.3 is 6.03 Å². The molecule has 0 atom stereocenters. The first kappa shape index (κ1) is 13.4. The molecule has 4 nitrogen and oxygen atoms in total. The number of aromatic nitrogens is 1. The smallest absolute Gasteiger partial charge is 0.315 e. The Kier molecular flexibility index (Phi) is 4.75. The molecule has 0 aliphatic heterocycles. The van der Waals surface area contributed by atoms with Gasteiger partial charge in [-0.1, -0.05) is 35.9 Å². The number of benzene rings is 1. The van der Waals surface area contributed by atoms with Crippen molar-refractivity contribution in [3.05, 3.63) is 64.9 Å². The molecule has 1 aromatic carbocycles. The van der Waals surface area contributed by atoms with Crippen molar-refractivity contribution in [3.8, 4) is 0 Å². The predicted octanol–water partition coefficient (Wildman–Crippen LogP) is 2.73. The Bertz CT molecular complexity index is 545. The second-order valence-electron chi connectivity index (χ2n) is 3.99. The Hall–Kier alpha value is -2.07. The normalized spacial score (nSPS) is 9.95. The van der Waals surface area contributed by atoms with E-state index in [1.165, 1.54) is 0 Å². The third-order valence-electron chi connectivity index (χ3n) is 2.57. The van der Waals surface area contributed by atoms with Crippen molar-refractivity contribution >= 4 is 17.6 Å². The maximum atomic E-state index is 11.6. The van der Waals surface area contributed by atoms with Crippen LogP contribution >= 0.6 is 11.6 Å². The minimum atomic E-state index is -0.233. The standard InChI is InChI=1S/C14H14ClN3O/c15-13-6-2-1-5-12(13)10-18-14(19)17-9-11-4-3-7-16-8-11/h1-8H,9-10H2,(H2,17,18,19). The average Bonchev–Trinajstić information content (AvgIpc) is 2.45. The van der Waals surface area contributed by atoms with Crippen LogP contribution in [0.3, 0.4) is 0 Å². The summed E-state index contributed by atoms with van der Waals surface area (Å²) in [6.07, 6.45) is 3.41. The molecule has 0 aliphatic rings. The topological polar surface area (TPSA) is 54.0 Å². The monoisotopic (exact) mass is 275 g/mol. The molecule has 0 spiro atoms. The molecule has 1 heterocycles. The highest BCUT2D eigenvalue weighted by Gasteiger charge is 2.02. The van der Waals surface area contributed by atoms with Gasteiger partial charge in [-0.2, -0.15) is 0 Å². The summed E-state index contributed by atoms with van der Waals surface area (Å²) in [6.45, 7) is 0.848. The third-order valence-corrected chi connectivity index (χ3v) is 2.94. The van der Waals surface area contributed by atoms with Gasteiger partial charge in [0.05, 0.1) is 0 Å². The van der Waals surface area contributed by atoms with E-state index in [1.54, 1.807) is 18.5 Å².